The highest BCUT2D eigenvalue weighted by atomic mass is 32.2. The normalized spacial score (nSPS) is 15.4. The zero-order valence-electron chi connectivity index (χ0n) is 20.1. The van der Waals surface area contributed by atoms with Gasteiger partial charge in [0.15, 0.2) is 23.0 Å². The fourth-order valence-corrected chi connectivity index (χ4v) is 5.44. The van der Waals surface area contributed by atoms with Gasteiger partial charge in [-0.3, -0.25) is 0 Å². The molecule has 1 N–H and O–H groups in total. The lowest BCUT2D eigenvalue weighted by molar-refractivity contribution is 0.324. The Balaban J connectivity index is 1.85. The minimum Gasteiger partial charge on any atom is -0.504 e. The van der Waals surface area contributed by atoms with Crippen LogP contribution in [0.2, 0.25) is 0 Å². The number of rotatable bonds is 8. The number of halogens is 1. The highest BCUT2D eigenvalue weighted by Crippen LogP contribution is 2.43. The molecule has 11 heteroatoms. The molecule has 3 aromatic carbocycles. The van der Waals surface area contributed by atoms with Crippen LogP contribution in [0.4, 0.5) is 4.39 Å². The van der Waals surface area contributed by atoms with Gasteiger partial charge >= 0.3 is 0 Å². The molecule has 1 aliphatic heterocycles. The fourth-order valence-electron chi connectivity index (χ4n) is 4.01. The average molecular weight is 517 g/mol. The van der Waals surface area contributed by atoms with E-state index in [0.717, 1.165) is 16.5 Å². The molecule has 1 atom stereocenters. The van der Waals surface area contributed by atoms with Gasteiger partial charge in [0.1, 0.15) is 5.82 Å². The van der Waals surface area contributed by atoms with Gasteiger partial charge in [0.2, 0.25) is 5.75 Å². The van der Waals surface area contributed by atoms with Crippen LogP contribution in [0.25, 0.3) is 0 Å². The number of methoxy groups -OCH3 is 4. The molecule has 1 unspecified atom stereocenters. The number of phenols is 1. The molecule has 0 saturated heterocycles. The van der Waals surface area contributed by atoms with Crippen molar-refractivity contribution in [1.82, 2.24) is 4.41 Å². The molecule has 36 heavy (non-hydrogen) atoms. The third kappa shape index (κ3) is 4.49. The molecular weight excluding hydrogens is 491 g/mol. The highest BCUT2D eigenvalue weighted by Gasteiger charge is 2.38. The summed E-state index contributed by atoms with van der Waals surface area (Å²) in [6, 6.07) is 11.7. The van der Waals surface area contributed by atoms with E-state index in [9.17, 15) is 17.9 Å². The van der Waals surface area contributed by atoms with Crippen LogP contribution < -0.4 is 18.9 Å². The van der Waals surface area contributed by atoms with Gasteiger partial charge in [0, 0.05) is 12.0 Å². The SMILES string of the molecule is COc1ccc(C2CC(c3cc(OC)c(OC)c(OC)c3)=NN2S(=O)(=O)c2ccc(F)cc2)cc1O. The van der Waals surface area contributed by atoms with E-state index in [1.807, 2.05) is 0 Å². The lowest BCUT2D eigenvalue weighted by Crippen LogP contribution is -2.27. The Bertz CT molecular complexity index is 1380. The topological polar surface area (TPSA) is 107 Å². The third-order valence-corrected chi connectivity index (χ3v) is 7.51. The second-order valence-electron chi connectivity index (χ2n) is 7.84. The van der Waals surface area contributed by atoms with E-state index in [2.05, 4.69) is 5.10 Å². The molecule has 0 aromatic heterocycles. The number of hydrazone groups is 1. The van der Waals surface area contributed by atoms with E-state index in [0.29, 0.717) is 34.1 Å². The Labute approximate surface area is 208 Å². The number of nitrogens with zero attached hydrogens (tertiary/aromatic N) is 2. The van der Waals surface area contributed by atoms with Crippen LogP contribution >= 0.6 is 0 Å². The summed E-state index contributed by atoms with van der Waals surface area (Å²) < 4.78 is 63.0. The van der Waals surface area contributed by atoms with Crippen LogP contribution in [0, 0.1) is 5.82 Å². The standard InChI is InChI=1S/C25H25FN2O7S/c1-32-22-10-5-15(11-21(22)29)20-14-19(16-12-23(33-2)25(35-4)24(13-16)34-3)27-28(20)36(30,31)18-8-6-17(26)7-9-18/h5-13,20,29H,14H2,1-4H3. The molecule has 0 radical (unpaired) electrons. The molecule has 1 heterocycles. The maximum Gasteiger partial charge on any atom is 0.279 e. The van der Waals surface area contributed by atoms with Crippen LogP contribution in [0.1, 0.15) is 23.6 Å². The van der Waals surface area contributed by atoms with Crippen molar-refractivity contribution >= 4 is 15.7 Å². The predicted octanol–water partition coefficient (Wildman–Crippen LogP) is 4.11. The first-order valence-corrected chi connectivity index (χ1v) is 12.2. The number of phenolic OH excluding ortho intramolecular Hbond substituents is 1. The molecule has 0 fully saturated rings. The van der Waals surface area contributed by atoms with Gasteiger partial charge in [-0.05, 0) is 54.1 Å². The van der Waals surface area contributed by atoms with E-state index >= 15 is 0 Å². The summed E-state index contributed by atoms with van der Waals surface area (Å²) in [7, 11) is 1.67. The van der Waals surface area contributed by atoms with Crippen LogP contribution in [0.3, 0.4) is 0 Å². The Hall–Kier alpha value is -3.99. The van der Waals surface area contributed by atoms with Crippen molar-refractivity contribution in [2.75, 3.05) is 28.4 Å². The minimum atomic E-state index is -4.19. The number of benzene rings is 3. The van der Waals surface area contributed by atoms with Crippen LogP contribution in [-0.2, 0) is 10.0 Å². The van der Waals surface area contributed by atoms with Crippen LogP contribution in [0.15, 0.2) is 64.6 Å². The Morgan fingerprint density at radius 3 is 2.03 bits per heavy atom. The zero-order chi connectivity index (χ0) is 26.0. The van der Waals surface area contributed by atoms with E-state index in [1.165, 1.54) is 46.6 Å². The quantitative estimate of drug-likeness (QED) is 0.480. The van der Waals surface area contributed by atoms with Crippen molar-refractivity contribution in [3.8, 4) is 28.7 Å². The van der Waals surface area contributed by atoms with E-state index in [4.69, 9.17) is 18.9 Å². The number of sulfonamides is 1. The number of hydrogen-bond acceptors (Lipinski definition) is 8. The lowest BCUT2D eigenvalue weighted by Gasteiger charge is -2.23. The maximum absolute atomic E-state index is 13.6. The first kappa shape index (κ1) is 25.1. The molecule has 1 aliphatic rings. The molecule has 0 saturated carbocycles. The summed E-state index contributed by atoms with van der Waals surface area (Å²) in [6.45, 7) is 0. The molecule has 0 amide bonds. The average Bonchev–Trinajstić information content (AvgIpc) is 3.34. The van der Waals surface area contributed by atoms with Gasteiger partial charge in [0.05, 0.1) is 45.1 Å². The van der Waals surface area contributed by atoms with Gasteiger partial charge < -0.3 is 24.1 Å². The van der Waals surface area contributed by atoms with Crippen molar-refractivity contribution < 1.29 is 36.9 Å². The van der Waals surface area contributed by atoms with Crippen LogP contribution in [-0.4, -0.2) is 52.1 Å². The second kappa shape index (κ2) is 9.94. The molecule has 190 valence electrons. The minimum absolute atomic E-state index is 0.124. The Kier molecular flexibility index (Phi) is 6.93. The summed E-state index contributed by atoms with van der Waals surface area (Å²) in [5.74, 6) is 0.690. The van der Waals surface area contributed by atoms with Crippen molar-refractivity contribution in [2.45, 2.75) is 17.4 Å². The molecule has 0 spiro atoms. The van der Waals surface area contributed by atoms with Crippen molar-refractivity contribution in [3.63, 3.8) is 0 Å². The fraction of sp³-hybridized carbons (Fsp3) is 0.240. The largest absolute Gasteiger partial charge is 0.504 e. The van der Waals surface area contributed by atoms with Gasteiger partial charge in [-0.15, -0.1) is 0 Å². The first-order valence-electron chi connectivity index (χ1n) is 10.8. The molecule has 3 aromatic rings. The zero-order valence-corrected chi connectivity index (χ0v) is 20.9. The Morgan fingerprint density at radius 2 is 1.50 bits per heavy atom. The van der Waals surface area contributed by atoms with E-state index < -0.39 is 21.9 Å². The van der Waals surface area contributed by atoms with Gasteiger partial charge in [0.25, 0.3) is 10.0 Å². The smallest absolute Gasteiger partial charge is 0.279 e. The van der Waals surface area contributed by atoms with Gasteiger partial charge in [-0.25, -0.2) is 4.39 Å². The molecular formula is C25H25FN2O7S. The number of hydrogen-bond donors (Lipinski definition) is 1. The van der Waals surface area contributed by atoms with Crippen molar-refractivity contribution in [3.05, 3.63) is 71.5 Å². The molecule has 0 bridgehead atoms. The molecule has 4 rings (SSSR count). The summed E-state index contributed by atoms with van der Waals surface area (Å²) >= 11 is 0. The summed E-state index contributed by atoms with van der Waals surface area (Å²) in [5, 5.41) is 14.8. The maximum atomic E-state index is 13.6. The Morgan fingerprint density at radius 1 is 0.889 bits per heavy atom. The van der Waals surface area contributed by atoms with Crippen molar-refractivity contribution in [2.24, 2.45) is 5.10 Å². The van der Waals surface area contributed by atoms with E-state index in [1.54, 1.807) is 24.3 Å². The number of aromatic hydroxyl groups is 1. The summed E-state index contributed by atoms with van der Waals surface area (Å²) in [5.41, 5.74) is 1.48. The van der Waals surface area contributed by atoms with Gasteiger partial charge in [-0.1, -0.05) is 6.07 Å². The van der Waals surface area contributed by atoms with Crippen molar-refractivity contribution in [1.29, 1.82) is 0 Å². The van der Waals surface area contributed by atoms with E-state index in [-0.39, 0.29) is 22.8 Å². The molecule has 0 aliphatic carbocycles. The third-order valence-electron chi connectivity index (χ3n) is 5.82. The second-order valence-corrected chi connectivity index (χ2v) is 9.64. The first-order chi connectivity index (χ1) is 17.2. The number of ether oxygens (including phenoxy) is 4. The van der Waals surface area contributed by atoms with Crippen LogP contribution in [0.5, 0.6) is 28.7 Å². The summed E-state index contributed by atoms with van der Waals surface area (Å²) in [6.07, 6.45) is 0.171. The molecule has 9 nitrogen and oxygen atoms in total. The monoisotopic (exact) mass is 516 g/mol. The lowest BCUT2D eigenvalue weighted by atomic mass is 9.98. The summed E-state index contributed by atoms with van der Waals surface area (Å²) in [4.78, 5) is -0.124. The van der Waals surface area contributed by atoms with Gasteiger partial charge in [-0.2, -0.15) is 17.9 Å². The highest BCUT2D eigenvalue weighted by molar-refractivity contribution is 7.89. The predicted molar refractivity (Wildman–Crippen MR) is 130 cm³/mol.